The molecule has 2 N–H and O–H groups in total. The summed E-state index contributed by atoms with van der Waals surface area (Å²) >= 11 is 0. The molecule has 0 unspecified atom stereocenters. The Morgan fingerprint density at radius 1 is 1.22 bits per heavy atom. The average molecular weight is 310 g/mol. The minimum absolute atomic E-state index is 0.0259. The Hall–Kier alpha value is -2.82. The minimum atomic E-state index is -0.603. The van der Waals surface area contributed by atoms with Gasteiger partial charge in [-0.25, -0.2) is 9.78 Å². The number of ether oxygens (including phenoxy) is 1. The Morgan fingerprint density at radius 2 is 2.00 bits per heavy atom. The highest BCUT2D eigenvalue weighted by atomic mass is 16.5. The third-order valence-electron chi connectivity index (χ3n) is 3.72. The van der Waals surface area contributed by atoms with Gasteiger partial charge in [0.25, 0.3) is 0 Å². The van der Waals surface area contributed by atoms with E-state index < -0.39 is 5.97 Å². The number of benzene rings is 1. The summed E-state index contributed by atoms with van der Waals surface area (Å²) < 4.78 is 4.98. The van der Waals surface area contributed by atoms with Crippen molar-refractivity contribution in [2.24, 2.45) is 0 Å². The van der Waals surface area contributed by atoms with Crippen LogP contribution in [0, 0.1) is 0 Å². The van der Waals surface area contributed by atoms with Gasteiger partial charge in [0.2, 0.25) is 0 Å². The normalized spacial score (nSPS) is 10.8. The molecule has 0 aliphatic heterocycles. The quantitative estimate of drug-likeness (QED) is 0.709. The van der Waals surface area contributed by atoms with E-state index in [1.165, 1.54) is 5.56 Å². The molecule has 1 aromatic carbocycles. The third-order valence-corrected chi connectivity index (χ3v) is 3.72. The number of H-pyrrole nitrogens is 1. The lowest BCUT2D eigenvalue weighted by atomic mass is 10.1. The number of hydrogen-bond acceptors (Lipinski definition) is 4. The van der Waals surface area contributed by atoms with Crippen LogP contribution in [0.4, 0.5) is 0 Å². The summed E-state index contributed by atoms with van der Waals surface area (Å²) in [5.74, 6) is -0.739. The van der Waals surface area contributed by atoms with Crippen molar-refractivity contribution in [3.63, 3.8) is 0 Å². The van der Waals surface area contributed by atoms with Gasteiger partial charge < -0.3 is 14.8 Å². The number of pyridine rings is 1. The van der Waals surface area contributed by atoms with Crippen LogP contribution < -0.4 is 0 Å². The number of nitrogens with one attached hydrogen (secondary N) is 1. The van der Waals surface area contributed by atoms with Gasteiger partial charge in [0.05, 0.1) is 17.8 Å². The molecule has 5 nitrogen and oxygen atoms in total. The first-order valence-corrected chi connectivity index (χ1v) is 7.60. The van der Waals surface area contributed by atoms with Crippen molar-refractivity contribution in [1.82, 2.24) is 9.97 Å². The van der Waals surface area contributed by atoms with Crippen LogP contribution in [-0.2, 0) is 17.6 Å². The van der Waals surface area contributed by atoms with E-state index in [9.17, 15) is 9.90 Å². The first-order chi connectivity index (χ1) is 11.2. The molecule has 0 aliphatic rings. The zero-order valence-electron chi connectivity index (χ0n) is 12.9. The van der Waals surface area contributed by atoms with Crippen LogP contribution in [0.15, 0.2) is 42.6 Å². The van der Waals surface area contributed by atoms with Crippen LogP contribution in [0.5, 0.6) is 5.75 Å². The number of rotatable bonds is 5. The van der Waals surface area contributed by atoms with Crippen molar-refractivity contribution in [1.29, 1.82) is 0 Å². The summed E-state index contributed by atoms with van der Waals surface area (Å²) in [6, 6.07) is 11.8. The first-order valence-electron chi connectivity index (χ1n) is 7.60. The van der Waals surface area contributed by atoms with Crippen molar-refractivity contribution >= 4 is 16.9 Å². The summed E-state index contributed by atoms with van der Waals surface area (Å²) in [6.45, 7) is 1.96. The highest BCUT2D eigenvalue weighted by Crippen LogP contribution is 2.30. The van der Waals surface area contributed by atoms with Gasteiger partial charge in [-0.2, -0.15) is 0 Å². The standard InChI is InChI=1S/C18H18N2O3/c1-2-23-18(22)16-17(21)13-10-11-19-15(13)14(20-16)9-8-12-6-4-3-5-7-12/h3-7,10-11,19,21H,2,8-9H2,1H3. The van der Waals surface area contributed by atoms with E-state index in [-0.39, 0.29) is 18.1 Å². The van der Waals surface area contributed by atoms with Crippen LogP contribution in [0.2, 0.25) is 0 Å². The molecule has 0 aliphatic carbocycles. The molecule has 118 valence electrons. The third kappa shape index (κ3) is 3.04. The fourth-order valence-electron chi connectivity index (χ4n) is 2.61. The van der Waals surface area contributed by atoms with Crippen LogP contribution in [-0.4, -0.2) is 27.7 Å². The number of carbonyl (C=O) groups excluding carboxylic acids is 1. The molecular formula is C18H18N2O3. The number of nitrogens with zero attached hydrogens (tertiary/aromatic N) is 1. The molecule has 3 aromatic rings. The SMILES string of the molecule is CCOC(=O)c1nc(CCc2ccccc2)c2[nH]ccc2c1O. The van der Waals surface area contributed by atoms with Crippen LogP contribution in [0.3, 0.4) is 0 Å². The van der Waals surface area contributed by atoms with E-state index in [1.807, 2.05) is 18.2 Å². The number of fused-ring (bicyclic) bond motifs is 1. The number of carbonyl (C=O) groups is 1. The number of aromatic nitrogens is 2. The van der Waals surface area contributed by atoms with Gasteiger partial charge in [-0.1, -0.05) is 30.3 Å². The summed E-state index contributed by atoms with van der Waals surface area (Å²) in [5.41, 5.74) is 2.67. The maximum Gasteiger partial charge on any atom is 0.360 e. The first kappa shape index (κ1) is 15.1. The molecule has 2 heterocycles. The van der Waals surface area contributed by atoms with Gasteiger partial charge >= 0.3 is 5.97 Å². The molecule has 0 bridgehead atoms. The lowest BCUT2D eigenvalue weighted by molar-refractivity contribution is 0.0516. The lowest BCUT2D eigenvalue weighted by Gasteiger charge is -2.09. The Morgan fingerprint density at radius 3 is 2.74 bits per heavy atom. The summed E-state index contributed by atoms with van der Waals surface area (Å²) in [5, 5.41) is 10.9. The number of hydrogen-bond donors (Lipinski definition) is 2. The fraction of sp³-hybridized carbons (Fsp3) is 0.222. The molecule has 5 heteroatoms. The Kier molecular flexibility index (Phi) is 4.28. The van der Waals surface area contributed by atoms with Crippen molar-refractivity contribution in [3.8, 4) is 5.75 Å². The summed E-state index contributed by atoms with van der Waals surface area (Å²) in [6.07, 6.45) is 3.19. The molecular weight excluding hydrogens is 292 g/mol. The Bertz CT molecular complexity index is 825. The smallest absolute Gasteiger partial charge is 0.360 e. The maximum absolute atomic E-state index is 12.0. The van der Waals surface area contributed by atoms with Crippen molar-refractivity contribution in [3.05, 3.63) is 59.5 Å². The zero-order chi connectivity index (χ0) is 16.2. The fourth-order valence-corrected chi connectivity index (χ4v) is 2.61. The Balaban J connectivity index is 1.97. The monoisotopic (exact) mass is 310 g/mol. The molecule has 0 fully saturated rings. The number of esters is 1. The van der Waals surface area contributed by atoms with E-state index in [0.717, 1.165) is 17.6 Å². The molecule has 0 amide bonds. The largest absolute Gasteiger partial charge is 0.505 e. The molecule has 0 saturated heterocycles. The zero-order valence-corrected chi connectivity index (χ0v) is 12.9. The molecule has 0 radical (unpaired) electrons. The topological polar surface area (TPSA) is 75.2 Å². The van der Waals surface area contributed by atoms with Crippen LogP contribution in [0.1, 0.15) is 28.7 Å². The predicted molar refractivity (Wildman–Crippen MR) is 87.6 cm³/mol. The number of aromatic amines is 1. The van der Waals surface area contributed by atoms with Crippen LogP contribution in [0.25, 0.3) is 10.9 Å². The van der Waals surface area contributed by atoms with Gasteiger partial charge in [0.15, 0.2) is 11.4 Å². The number of aromatic hydroxyl groups is 1. The average Bonchev–Trinajstić information content (AvgIpc) is 3.06. The van der Waals surface area contributed by atoms with E-state index in [4.69, 9.17) is 4.74 Å². The van der Waals surface area contributed by atoms with E-state index in [0.29, 0.717) is 11.8 Å². The van der Waals surface area contributed by atoms with E-state index >= 15 is 0 Å². The highest BCUT2D eigenvalue weighted by Gasteiger charge is 2.20. The van der Waals surface area contributed by atoms with Crippen molar-refractivity contribution < 1.29 is 14.6 Å². The summed E-state index contributed by atoms with van der Waals surface area (Å²) in [4.78, 5) is 19.4. The molecule has 0 atom stereocenters. The van der Waals surface area contributed by atoms with E-state index in [2.05, 4.69) is 22.1 Å². The van der Waals surface area contributed by atoms with Gasteiger partial charge in [-0.05, 0) is 31.4 Å². The van der Waals surface area contributed by atoms with E-state index in [1.54, 1.807) is 19.2 Å². The molecule has 23 heavy (non-hydrogen) atoms. The minimum Gasteiger partial charge on any atom is -0.505 e. The van der Waals surface area contributed by atoms with Crippen molar-refractivity contribution in [2.45, 2.75) is 19.8 Å². The van der Waals surface area contributed by atoms with Gasteiger partial charge in [-0.3, -0.25) is 0 Å². The number of aryl methyl sites for hydroxylation is 2. The molecule has 0 spiro atoms. The second-order valence-electron chi connectivity index (χ2n) is 5.23. The highest BCUT2D eigenvalue weighted by molar-refractivity contribution is 5.99. The Labute approximate surface area is 133 Å². The van der Waals surface area contributed by atoms with Crippen molar-refractivity contribution in [2.75, 3.05) is 6.61 Å². The second-order valence-corrected chi connectivity index (χ2v) is 5.23. The molecule has 0 saturated carbocycles. The van der Waals surface area contributed by atoms with Gasteiger partial charge in [-0.15, -0.1) is 0 Å². The van der Waals surface area contributed by atoms with Gasteiger partial charge in [0.1, 0.15) is 0 Å². The second kappa shape index (κ2) is 6.52. The molecule has 2 aromatic heterocycles. The van der Waals surface area contributed by atoms with Gasteiger partial charge in [0, 0.05) is 11.6 Å². The maximum atomic E-state index is 12.0. The molecule has 3 rings (SSSR count). The predicted octanol–water partition coefficient (Wildman–Crippen LogP) is 3.23. The lowest BCUT2D eigenvalue weighted by Crippen LogP contribution is -2.10. The van der Waals surface area contributed by atoms with Crippen LogP contribution >= 0.6 is 0 Å². The summed E-state index contributed by atoms with van der Waals surface area (Å²) in [7, 11) is 0.